The average molecular weight is 417 g/mol. The van der Waals surface area contributed by atoms with Crippen LogP contribution in [-0.2, 0) is 9.53 Å². The van der Waals surface area contributed by atoms with Crippen molar-refractivity contribution < 1.29 is 14.3 Å². The van der Waals surface area contributed by atoms with E-state index in [1.807, 2.05) is 55.5 Å². The van der Waals surface area contributed by atoms with Gasteiger partial charge in [0, 0.05) is 17.5 Å². The Morgan fingerprint density at radius 2 is 1.77 bits per heavy atom. The lowest BCUT2D eigenvalue weighted by Gasteiger charge is -2.21. The summed E-state index contributed by atoms with van der Waals surface area (Å²) >= 11 is 0. The van der Waals surface area contributed by atoms with Crippen molar-refractivity contribution in [2.45, 2.75) is 39.0 Å². The minimum atomic E-state index is -0.514. The van der Waals surface area contributed by atoms with Gasteiger partial charge >= 0.3 is 5.97 Å². The molecule has 1 amide bonds. The zero-order valence-electron chi connectivity index (χ0n) is 17.9. The molecule has 31 heavy (non-hydrogen) atoms. The van der Waals surface area contributed by atoms with Crippen LogP contribution in [0.4, 0.5) is 0 Å². The van der Waals surface area contributed by atoms with Gasteiger partial charge in [0.15, 0.2) is 6.61 Å². The first-order valence-corrected chi connectivity index (χ1v) is 11.0. The fourth-order valence-corrected chi connectivity index (χ4v) is 4.13. The predicted octanol–water partition coefficient (Wildman–Crippen LogP) is 5.06. The number of nitrogens with zero attached hydrogens (tertiary/aromatic N) is 1. The van der Waals surface area contributed by atoms with Crippen LogP contribution >= 0.6 is 0 Å². The van der Waals surface area contributed by atoms with Gasteiger partial charge in [0.1, 0.15) is 0 Å². The molecule has 1 fully saturated rings. The molecule has 1 aromatic heterocycles. The fourth-order valence-electron chi connectivity index (χ4n) is 4.13. The van der Waals surface area contributed by atoms with Crippen LogP contribution in [0.25, 0.3) is 22.2 Å². The lowest BCUT2D eigenvalue weighted by atomic mass is 9.89. The van der Waals surface area contributed by atoms with Crippen molar-refractivity contribution in [1.82, 2.24) is 10.3 Å². The first-order chi connectivity index (χ1) is 15.1. The first-order valence-electron chi connectivity index (χ1n) is 11.0. The van der Waals surface area contributed by atoms with Gasteiger partial charge in [-0.15, -0.1) is 0 Å². The molecule has 0 radical (unpaired) electrons. The summed E-state index contributed by atoms with van der Waals surface area (Å²) in [4.78, 5) is 29.8. The number of nitrogens with one attached hydrogen (secondary N) is 1. The number of hydrogen-bond donors (Lipinski definition) is 1. The molecule has 1 N–H and O–H groups in total. The third-order valence-electron chi connectivity index (χ3n) is 5.93. The first kappa shape index (κ1) is 21.0. The van der Waals surface area contributed by atoms with E-state index in [0.29, 0.717) is 34.6 Å². The number of para-hydroxylation sites is 1. The number of ether oxygens (including phenoxy) is 1. The highest BCUT2D eigenvalue weighted by molar-refractivity contribution is 6.05. The van der Waals surface area contributed by atoms with Crippen LogP contribution in [0.1, 0.15) is 48.0 Å². The van der Waals surface area contributed by atoms with Crippen LogP contribution in [0.3, 0.4) is 0 Å². The number of benzene rings is 2. The highest BCUT2D eigenvalue weighted by Gasteiger charge is 2.18. The summed E-state index contributed by atoms with van der Waals surface area (Å²) in [5.74, 6) is -0.231. The van der Waals surface area contributed by atoms with Gasteiger partial charge in [-0.25, -0.2) is 9.78 Å². The molecule has 1 saturated carbocycles. The Bertz CT molecular complexity index is 1070. The van der Waals surface area contributed by atoms with E-state index in [0.717, 1.165) is 24.0 Å². The summed E-state index contributed by atoms with van der Waals surface area (Å²) in [5, 5.41) is 3.62. The van der Waals surface area contributed by atoms with Crippen LogP contribution in [-0.4, -0.2) is 30.0 Å². The minimum Gasteiger partial charge on any atom is -0.452 e. The van der Waals surface area contributed by atoms with E-state index < -0.39 is 5.97 Å². The Kier molecular flexibility index (Phi) is 6.60. The van der Waals surface area contributed by atoms with Crippen molar-refractivity contribution in [3.8, 4) is 11.3 Å². The maximum atomic E-state index is 12.9. The quantitative estimate of drug-likeness (QED) is 0.570. The number of esters is 1. The van der Waals surface area contributed by atoms with Gasteiger partial charge in [0.25, 0.3) is 5.91 Å². The molecule has 0 atom stereocenters. The fraction of sp³-hybridized carbons (Fsp3) is 0.346. The molecule has 4 rings (SSSR count). The average Bonchev–Trinajstić information content (AvgIpc) is 2.81. The van der Waals surface area contributed by atoms with Crippen LogP contribution in [0.5, 0.6) is 0 Å². The molecule has 0 bridgehead atoms. The highest BCUT2D eigenvalue weighted by atomic mass is 16.5. The molecule has 2 aromatic carbocycles. The minimum absolute atomic E-state index is 0.254. The van der Waals surface area contributed by atoms with Crippen molar-refractivity contribution in [1.29, 1.82) is 0 Å². The summed E-state index contributed by atoms with van der Waals surface area (Å²) < 4.78 is 5.37. The van der Waals surface area contributed by atoms with E-state index in [1.54, 1.807) is 6.07 Å². The number of amides is 1. The van der Waals surface area contributed by atoms with Gasteiger partial charge in [0.05, 0.1) is 16.8 Å². The van der Waals surface area contributed by atoms with Crippen LogP contribution in [0, 0.1) is 12.8 Å². The topological polar surface area (TPSA) is 68.3 Å². The summed E-state index contributed by atoms with van der Waals surface area (Å²) in [7, 11) is 0. The van der Waals surface area contributed by atoms with Gasteiger partial charge in [-0.3, -0.25) is 4.79 Å². The van der Waals surface area contributed by atoms with Gasteiger partial charge in [0.2, 0.25) is 0 Å². The zero-order chi connectivity index (χ0) is 21.6. The molecule has 160 valence electrons. The number of rotatable bonds is 6. The highest BCUT2D eigenvalue weighted by Crippen LogP contribution is 2.26. The van der Waals surface area contributed by atoms with E-state index in [4.69, 9.17) is 9.72 Å². The Hall–Kier alpha value is -3.21. The van der Waals surface area contributed by atoms with Crippen LogP contribution in [0.2, 0.25) is 0 Å². The largest absolute Gasteiger partial charge is 0.452 e. The van der Waals surface area contributed by atoms with E-state index >= 15 is 0 Å². The Morgan fingerprint density at radius 1 is 1.03 bits per heavy atom. The monoisotopic (exact) mass is 416 g/mol. The molecule has 1 heterocycles. The zero-order valence-corrected chi connectivity index (χ0v) is 17.9. The van der Waals surface area contributed by atoms with E-state index in [1.165, 1.54) is 19.3 Å². The molecule has 0 aliphatic heterocycles. The third-order valence-corrected chi connectivity index (χ3v) is 5.93. The Morgan fingerprint density at radius 3 is 2.55 bits per heavy atom. The number of aromatic nitrogens is 1. The lowest BCUT2D eigenvalue weighted by Crippen LogP contribution is -2.33. The normalized spacial score (nSPS) is 14.4. The summed E-state index contributed by atoms with van der Waals surface area (Å²) in [6, 6.07) is 17.2. The molecule has 1 aliphatic carbocycles. The van der Waals surface area contributed by atoms with E-state index in [-0.39, 0.29) is 12.5 Å². The Labute approximate surface area is 182 Å². The van der Waals surface area contributed by atoms with Crippen LogP contribution < -0.4 is 5.32 Å². The number of fused-ring (bicyclic) bond motifs is 1. The van der Waals surface area contributed by atoms with Crippen molar-refractivity contribution in [2.75, 3.05) is 13.2 Å². The van der Waals surface area contributed by atoms with E-state index in [2.05, 4.69) is 5.32 Å². The van der Waals surface area contributed by atoms with Gasteiger partial charge in [-0.1, -0.05) is 67.3 Å². The SMILES string of the molecule is Cc1ccc(-c2cc(C(=O)OCC(=O)NCC3CCCCC3)c3ccccc3n2)cc1. The number of carbonyl (C=O) groups excluding carboxylic acids is 2. The molecule has 3 aromatic rings. The molecule has 5 nitrogen and oxygen atoms in total. The molecule has 0 unspecified atom stereocenters. The predicted molar refractivity (Wildman–Crippen MR) is 122 cm³/mol. The third kappa shape index (κ3) is 5.29. The standard InChI is InChI=1S/C26H28N2O3/c1-18-11-13-20(14-12-18)24-15-22(21-9-5-6-10-23(21)28-24)26(30)31-17-25(29)27-16-19-7-3-2-4-8-19/h5-6,9-15,19H,2-4,7-8,16-17H2,1H3,(H,27,29). The summed E-state index contributed by atoms with van der Waals surface area (Å²) in [6.07, 6.45) is 6.06. The number of pyridine rings is 1. The van der Waals surface area contributed by atoms with E-state index in [9.17, 15) is 9.59 Å². The van der Waals surface area contributed by atoms with Crippen molar-refractivity contribution >= 4 is 22.8 Å². The Balaban J connectivity index is 1.47. The molecule has 1 aliphatic rings. The molecular formula is C26H28N2O3. The summed E-state index contributed by atoms with van der Waals surface area (Å²) in [6.45, 7) is 2.41. The molecular weight excluding hydrogens is 388 g/mol. The van der Waals surface area contributed by atoms with Crippen molar-refractivity contribution in [3.63, 3.8) is 0 Å². The van der Waals surface area contributed by atoms with Crippen LogP contribution in [0.15, 0.2) is 54.6 Å². The maximum Gasteiger partial charge on any atom is 0.339 e. The summed E-state index contributed by atoms with van der Waals surface area (Å²) in [5.41, 5.74) is 3.92. The lowest BCUT2D eigenvalue weighted by molar-refractivity contribution is -0.124. The molecule has 0 spiro atoms. The van der Waals surface area contributed by atoms with Gasteiger partial charge in [-0.2, -0.15) is 0 Å². The smallest absolute Gasteiger partial charge is 0.339 e. The number of hydrogen-bond acceptors (Lipinski definition) is 4. The molecule has 0 saturated heterocycles. The van der Waals surface area contributed by atoms with Crippen molar-refractivity contribution in [3.05, 3.63) is 65.7 Å². The second kappa shape index (κ2) is 9.73. The number of carbonyl (C=O) groups is 2. The molecule has 5 heteroatoms. The maximum absolute atomic E-state index is 12.9. The van der Waals surface area contributed by atoms with Crippen molar-refractivity contribution in [2.24, 2.45) is 5.92 Å². The van der Waals surface area contributed by atoms with Gasteiger partial charge < -0.3 is 10.1 Å². The number of aryl methyl sites for hydroxylation is 1. The van der Waals surface area contributed by atoms with Gasteiger partial charge in [-0.05, 0) is 37.8 Å². The second-order valence-electron chi connectivity index (χ2n) is 8.32. The second-order valence-corrected chi connectivity index (χ2v) is 8.32.